The summed E-state index contributed by atoms with van der Waals surface area (Å²) < 4.78 is 0. The molecule has 2 rings (SSSR count). The van der Waals surface area contributed by atoms with Gasteiger partial charge in [0.2, 0.25) is 0 Å². The van der Waals surface area contributed by atoms with Crippen molar-refractivity contribution in [2.24, 2.45) is 11.1 Å². The zero-order chi connectivity index (χ0) is 12.5. The van der Waals surface area contributed by atoms with Gasteiger partial charge in [0.15, 0.2) is 0 Å². The Balaban J connectivity index is 2.28. The largest absolute Gasteiger partial charge is 0.321 e. The average Bonchev–Trinajstić information content (AvgIpc) is 2.40. The Morgan fingerprint density at radius 3 is 2.41 bits per heavy atom. The van der Waals surface area contributed by atoms with Crippen molar-refractivity contribution in [1.29, 1.82) is 0 Å². The van der Waals surface area contributed by atoms with Gasteiger partial charge >= 0.3 is 0 Å². The second-order valence-electron chi connectivity index (χ2n) is 6.49. The van der Waals surface area contributed by atoms with Crippen LogP contribution < -0.4 is 5.73 Å². The topological polar surface area (TPSA) is 26.0 Å². The second kappa shape index (κ2) is 4.45. The van der Waals surface area contributed by atoms with Crippen LogP contribution in [0.2, 0.25) is 0 Å². The fourth-order valence-corrected chi connectivity index (χ4v) is 3.09. The number of aryl methyl sites for hydroxylation is 1. The molecule has 1 unspecified atom stereocenters. The Labute approximate surface area is 105 Å². The van der Waals surface area contributed by atoms with Gasteiger partial charge in [-0.1, -0.05) is 44.5 Å². The fraction of sp³-hybridized carbons (Fsp3) is 0.625. The number of rotatable bonds is 1. The van der Waals surface area contributed by atoms with E-state index in [1.807, 2.05) is 0 Å². The molecule has 1 saturated carbocycles. The molecular formula is C16H25N. The van der Waals surface area contributed by atoms with Crippen molar-refractivity contribution in [3.8, 4) is 0 Å². The zero-order valence-corrected chi connectivity index (χ0v) is 11.4. The normalized spacial score (nSPS) is 28.7. The Morgan fingerprint density at radius 1 is 1.00 bits per heavy atom. The van der Waals surface area contributed by atoms with Crippen molar-refractivity contribution in [1.82, 2.24) is 0 Å². The Morgan fingerprint density at radius 2 is 1.71 bits per heavy atom. The van der Waals surface area contributed by atoms with Crippen molar-refractivity contribution in [2.75, 3.05) is 0 Å². The molecule has 0 aromatic heterocycles. The lowest BCUT2D eigenvalue weighted by atomic mass is 9.80. The van der Waals surface area contributed by atoms with Crippen LogP contribution in [0.5, 0.6) is 0 Å². The number of benzene rings is 1. The molecule has 94 valence electrons. The molecule has 1 aliphatic carbocycles. The lowest BCUT2D eigenvalue weighted by Gasteiger charge is -2.31. The monoisotopic (exact) mass is 231 g/mol. The maximum absolute atomic E-state index is 6.70. The minimum absolute atomic E-state index is 0.0981. The predicted octanol–water partition coefficient (Wildman–Crippen LogP) is 4.14. The third-order valence-electron chi connectivity index (χ3n) is 4.41. The number of hydrogen-bond acceptors (Lipinski definition) is 1. The van der Waals surface area contributed by atoms with Crippen molar-refractivity contribution in [3.05, 3.63) is 35.4 Å². The van der Waals surface area contributed by atoms with E-state index in [1.165, 1.54) is 30.4 Å². The molecule has 1 nitrogen and oxygen atoms in total. The van der Waals surface area contributed by atoms with Gasteiger partial charge in [-0.15, -0.1) is 0 Å². The highest BCUT2D eigenvalue weighted by atomic mass is 14.7. The summed E-state index contributed by atoms with van der Waals surface area (Å²) in [6.07, 6.45) is 6.03. The Hall–Kier alpha value is -0.820. The SMILES string of the molecule is Cc1ccccc1C1(N)CCCC(C)(C)CC1. The first-order valence-corrected chi connectivity index (χ1v) is 6.78. The molecule has 0 spiro atoms. The number of hydrogen-bond donors (Lipinski definition) is 1. The van der Waals surface area contributed by atoms with Crippen molar-refractivity contribution in [3.63, 3.8) is 0 Å². The summed E-state index contributed by atoms with van der Waals surface area (Å²) in [5.41, 5.74) is 9.77. The van der Waals surface area contributed by atoms with Gasteiger partial charge in [-0.05, 0) is 49.1 Å². The van der Waals surface area contributed by atoms with Crippen LogP contribution in [0.4, 0.5) is 0 Å². The van der Waals surface area contributed by atoms with Gasteiger partial charge < -0.3 is 5.73 Å². The average molecular weight is 231 g/mol. The molecule has 1 atom stereocenters. The molecule has 1 heteroatoms. The molecule has 1 aromatic carbocycles. The minimum atomic E-state index is -0.0981. The number of nitrogens with two attached hydrogens (primary N) is 1. The first kappa shape index (κ1) is 12.6. The quantitative estimate of drug-likeness (QED) is 0.722. The van der Waals surface area contributed by atoms with E-state index in [0.29, 0.717) is 5.41 Å². The predicted molar refractivity (Wildman–Crippen MR) is 73.9 cm³/mol. The van der Waals surface area contributed by atoms with E-state index in [-0.39, 0.29) is 5.54 Å². The van der Waals surface area contributed by atoms with E-state index < -0.39 is 0 Å². The summed E-state index contributed by atoms with van der Waals surface area (Å²) in [5.74, 6) is 0. The highest BCUT2D eigenvalue weighted by molar-refractivity contribution is 5.32. The van der Waals surface area contributed by atoms with Crippen LogP contribution in [0, 0.1) is 12.3 Å². The third kappa shape index (κ3) is 2.71. The molecule has 0 bridgehead atoms. The molecule has 1 fully saturated rings. The maximum atomic E-state index is 6.70. The first-order chi connectivity index (χ1) is 7.93. The van der Waals surface area contributed by atoms with Gasteiger partial charge in [-0.2, -0.15) is 0 Å². The van der Waals surface area contributed by atoms with Gasteiger partial charge in [0.1, 0.15) is 0 Å². The van der Waals surface area contributed by atoms with Gasteiger partial charge in [0.25, 0.3) is 0 Å². The van der Waals surface area contributed by atoms with E-state index in [1.54, 1.807) is 0 Å². The van der Waals surface area contributed by atoms with Gasteiger partial charge in [-0.25, -0.2) is 0 Å². The van der Waals surface area contributed by atoms with Crippen LogP contribution in [0.1, 0.15) is 57.1 Å². The van der Waals surface area contributed by atoms with Crippen LogP contribution in [0.15, 0.2) is 24.3 Å². The zero-order valence-electron chi connectivity index (χ0n) is 11.4. The van der Waals surface area contributed by atoms with Crippen LogP contribution in [-0.4, -0.2) is 0 Å². The van der Waals surface area contributed by atoms with Crippen LogP contribution in [0.3, 0.4) is 0 Å². The molecule has 0 saturated heterocycles. The molecule has 1 aromatic rings. The van der Waals surface area contributed by atoms with E-state index in [2.05, 4.69) is 45.0 Å². The molecular weight excluding hydrogens is 206 g/mol. The summed E-state index contributed by atoms with van der Waals surface area (Å²) in [4.78, 5) is 0. The molecule has 0 amide bonds. The van der Waals surface area contributed by atoms with Crippen LogP contribution in [0.25, 0.3) is 0 Å². The smallest absolute Gasteiger partial charge is 0.0412 e. The molecule has 2 N–H and O–H groups in total. The van der Waals surface area contributed by atoms with E-state index in [9.17, 15) is 0 Å². The van der Waals surface area contributed by atoms with E-state index in [4.69, 9.17) is 5.73 Å². The van der Waals surface area contributed by atoms with Crippen LogP contribution >= 0.6 is 0 Å². The van der Waals surface area contributed by atoms with Crippen molar-refractivity contribution < 1.29 is 0 Å². The van der Waals surface area contributed by atoms with Gasteiger partial charge in [0, 0.05) is 5.54 Å². The van der Waals surface area contributed by atoms with Gasteiger partial charge in [0.05, 0.1) is 0 Å². The highest BCUT2D eigenvalue weighted by Crippen LogP contribution is 2.42. The van der Waals surface area contributed by atoms with Gasteiger partial charge in [-0.3, -0.25) is 0 Å². The van der Waals surface area contributed by atoms with Crippen molar-refractivity contribution in [2.45, 2.75) is 58.4 Å². The van der Waals surface area contributed by atoms with E-state index >= 15 is 0 Å². The van der Waals surface area contributed by atoms with Crippen LogP contribution in [-0.2, 0) is 5.54 Å². The summed E-state index contributed by atoms with van der Waals surface area (Å²) in [6, 6.07) is 8.61. The fourth-order valence-electron chi connectivity index (χ4n) is 3.09. The Kier molecular flexibility index (Phi) is 3.31. The first-order valence-electron chi connectivity index (χ1n) is 6.78. The lowest BCUT2D eigenvalue weighted by molar-refractivity contribution is 0.299. The molecule has 0 heterocycles. The third-order valence-corrected chi connectivity index (χ3v) is 4.41. The molecule has 17 heavy (non-hydrogen) atoms. The minimum Gasteiger partial charge on any atom is -0.321 e. The van der Waals surface area contributed by atoms with Crippen molar-refractivity contribution >= 4 is 0 Å². The summed E-state index contributed by atoms with van der Waals surface area (Å²) in [7, 11) is 0. The second-order valence-corrected chi connectivity index (χ2v) is 6.49. The standard InChI is InChI=1S/C16H25N/c1-13-7-4-5-8-14(13)16(17)10-6-9-15(2,3)11-12-16/h4-5,7-8H,6,9-12,17H2,1-3H3. The Bertz CT molecular complexity index is 394. The molecule has 1 aliphatic rings. The highest BCUT2D eigenvalue weighted by Gasteiger charge is 2.34. The maximum Gasteiger partial charge on any atom is 0.0412 e. The summed E-state index contributed by atoms with van der Waals surface area (Å²) in [6.45, 7) is 6.92. The molecule has 0 radical (unpaired) electrons. The molecule has 0 aliphatic heterocycles. The lowest BCUT2D eigenvalue weighted by Crippen LogP contribution is -2.37. The summed E-state index contributed by atoms with van der Waals surface area (Å²) in [5, 5.41) is 0. The van der Waals surface area contributed by atoms with E-state index in [0.717, 1.165) is 12.8 Å². The summed E-state index contributed by atoms with van der Waals surface area (Å²) >= 11 is 0.